The second-order valence-corrected chi connectivity index (χ2v) is 5.40. The van der Waals surface area contributed by atoms with Crippen molar-refractivity contribution in [2.24, 2.45) is 5.92 Å². The lowest BCUT2D eigenvalue weighted by Crippen LogP contribution is -2.38. The molecule has 1 fully saturated rings. The smallest absolute Gasteiger partial charge is 0.255 e. The summed E-state index contributed by atoms with van der Waals surface area (Å²) in [6.07, 6.45) is 2.36. The summed E-state index contributed by atoms with van der Waals surface area (Å²) in [5, 5.41) is 9.96. The fourth-order valence-corrected chi connectivity index (χ4v) is 2.72. The van der Waals surface area contributed by atoms with E-state index in [-0.39, 0.29) is 5.91 Å². The van der Waals surface area contributed by atoms with Crippen molar-refractivity contribution in [2.75, 3.05) is 26.2 Å². The van der Waals surface area contributed by atoms with E-state index in [1.165, 1.54) is 12.8 Å². The van der Waals surface area contributed by atoms with Gasteiger partial charge in [-0.05, 0) is 52.2 Å². The van der Waals surface area contributed by atoms with Crippen LogP contribution >= 0.6 is 0 Å². The van der Waals surface area contributed by atoms with Crippen molar-refractivity contribution in [1.82, 2.24) is 20.4 Å². The highest BCUT2D eigenvalue weighted by atomic mass is 16.1. The summed E-state index contributed by atoms with van der Waals surface area (Å²) in [7, 11) is 0. The number of nitrogens with zero attached hydrogens (tertiary/aromatic N) is 2. The predicted molar refractivity (Wildman–Crippen MR) is 75.2 cm³/mol. The molecule has 1 aromatic heterocycles. The fraction of sp³-hybridized carbons (Fsp3) is 0.714. The molecule has 1 aromatic rings. The second kappa shape index (κ2) is 6.19. The molecule has 2 heterocycles. The molecule has 0 saturated carbocycles. The van der Waals surface area contributed by atoms with Crippen molar-refractivity contribution in [2.45, 2.75) is 33.6 Å². The van der Waals surface area contributed by atoms with Crippen molar-refractivity contribution in [3.05, 3.63) is 17.0 Å². The molecule has 0 bridgehead atoms. The average molecular weight is 264 g/mol. The monoisotopic (exact) mass is 264 g/mol. The Labute approximate surface area is 114 Å². The van der Waals surface area contributed by atoms with Gasteiger partial charge in [0.2, 0.25) is 0 Å². The molecule has 5 heteroatoms. The number of hydrogen-bond acceptors (Lipinski definition) is 3. The van der Waals surface area contributed by atoms with E-state index < -0.39 is 0 Å². The Hall–Kier alpha value is -1.36. The van der Waals surface area contributed by atoms with Gasteiger partial charge in [0.25, 0.3) is 5.91 Å². The topological polar surface area (TPSA) is 61.0 Å². The number of aryl methyl sites for hydroxylation is 2. The van der Waals surface area contributed by atoms with Crippen molar-refractivity contribution < 1.29 is 4.79 Å². The van der Waals surface area contributed by atoms with Crippen molar-refractivity contribution in [1.29, 1.82) is 0 Å². The lowest BCUT2D eigenvalue weighted by molar-refractivity contribution is 0.0935. The summed E-state index contributed by atoms with van der Waals surface area (Å²) >= 11 is 0. The Morgan fingerprint density at radius 1 is 1.42 bits per heavy atom. The van der Waals surface area contributed by atoms with Crippen LogP contribution in [0.1, 0.15) is 41.5 Å². The van der Waals surface area contributed by atoms with Gasteiger partial charge in [0.1, 0.15) is 0 Å². The molecule has 0 aromatic carbocycles. The molecule has 19 heavy (non-hydrogen) atoms. The van der Waals surface area contributed by atoms with Crippen LogP contribution < -0.4 is 5.32 Å². The quantitative estimate of drug-likeness (QED) is 0.866. The van der Waals surface area contributed by atoms with Crippen LogP contribution in [0.25, 0.3) is 0 Å². The molecule has 1 amide bonds. The molecular weight excluding hydrogens is 240 g/mol. The number of carbonyl (C=O) groups is 1. The molecule has 2 N–H and O–H groups in total. The third kappa shape index (κ3) is 3.35. The maximum absolute atomic E-state index is 12.1. The predicted octanol–water partition coefficient (Wildman–Crippen LogP) is 1.49. The number of aromatic amines is 1. The number of aromatic nitrogens is 2. The van der Waals surface area contributed by atoms with Crippen molar-refractivity contribution >= 4 is 5.91 Å². The van der Waals surface area contributed by atoms with E-state index in [0.717, 1.165) is 37.6 Å². The van der Waals surface area contributed by atoms with E-state index in [4.69, 9.17) is 0 Å². The normalized spacial score (nSPS) is 17.6. The third-order valence-corrected chi connectivity index (χ3v) is 4.06. The van der Waals surface area contributed by atoms with E-state index in [2.05, 4.69) is 27.3 Å². The molecule has 0 radical (unpaired) electrons. The molecule has 2 rings (SSSR count). The number of nitrogens with one attached hydrogen (secondary N) is 2. The summed E-state index contributed by atoms with van der Waals surface area (Å²) in [4.78, 5) is 14.6. The van der Waals surface area contributed by atoms with Crippen LogP contribution in [0.3, 0.4) is 0 Å². The molecule has 5 nitrogen and oxygen atoms in total. The summed E-state index contributed by atoms with van der Waals surface area (Å²) in [5.74, 6) is 0.612. The zero-order chi connectivity index (χ0) is 13.8. The zero-order valence-electron chi connectivity index (χ0n) is 12.1. The van der Waals surface area contributed by atoms with Crippen LogP contribution in [0.15, 0.2) is 0 Å². The minimum atomic E-state index is 0.00155. The molecule has 106 valence electrons. The highest BCUT2D eigenvalue weighted by molar-refractivity contribution is 5.96. The van der Waals surface area contributed by atoms with Gasteiger partial charge in [0.05, 0.1) is 11.3 Å². The van der Waals surface area contributed by atoms with E-state index in [0.29, 0.717) is 11.5 Å². The summed E-state index contributed by atoms with van der Waals surface area (Å²) < 4.78 is 0. The summed E-state index contributed by atoms with van der Waals surface area (Å²) in [6, 6.07) is 0. The van der Waals surface area contributed by atoms with Crippen LogP contribution in [-0.4, -0.2) is 47.2 Å². The fourth-order valence-electron chi connectivity index (χ4n) is 2.72. The van der Waals surface area contributed by atoms with Crippen LogP contribution in [0.5, 0.6) is 0 Å². The molecule has 0 atom stereocenters. The molecule has 0 aliphatic carbocycles. The maximum Gasteiger partial charge on any atom is 0.255 e. The molecule has 1 aliphatic rings. The van der Waals surface area contributed by atoms with Gasteiger partial charge in [0.15, 0.2) is 0 Å². The number of hydrogen-bond donors (Lipinski definition) is 2. The average Bonchev–Trinajstić information content (AvgIpc) is 2.76. The first kappa shape index (κ1) is 14.1. The third-order valence-electron chi connectivity index (χ3n) is 4.06. The molecular formula is C14H24N4O. The van der Waals surface area contributed by atoms with Crippen LogP contribution in [0.4, 0.5) is 0 Å². The van der Waals surface area contributed by atoms with Crippen molar-refractivity contribution in [3.63, 3.8) is 0 Å². The van der Waals surface area contributed by atoms with Gasteiger partial charge in [-0.15, -0.1) is 0 Å². The van der Waals surface area contributed by atoms with E-state index in [1.807, 2.05) is 13.8 Å². The largest absolute Gasteiger partial charge is 0.352 e. The minimum absolute atomic E-state index is 0.00155. The van der Waals surface area contributed by atoms with Crippen LogP contribution in [0.2, 0.25) is 0 Å². The van der Waals surface area contributed by atoms with Gasteiger partial charge in [-0.25, -0.2) is 0 Å². The summed E-state index contributed by atoms with van der Waals surface area (Å²) in [6.45, 7) is 10.2. The van der Waals surface area contributed by atoms with Gasteiger partial charge in [0, 0.05) is 12.2 Å². The van der Waals surface area contributed by atoms with Crippen molar-refractivity contribution in [3.8, 4) is 0 Å². The molecule has 1 saturated heterocycles. The molecule has 0 unspecified atom stereocenters. The number of carbonyl (C=O) groups excluding carboxylic acids is 1. The highest BCUT2D eigenvalue weighted by Crippen LogP contribution is 2.16. The minimum Gasteiger partial charge on any atom is -0.352 e. The second-order valence-electron chi connectivity index (χ2n) is 5.40. The Morgan fingerprint density at radius 2 is 2.11 bits per heavy atom. The van der Waals surface area contributed by atoms with E-state index in [9.17, 15) is 4.79 Å². The Balaban J connectivity index is 1.82. The highest BCUT2D eigenvalue weighted by Gasteiger charge is 2.20. The standard InChI is InChI=1S/C14H24N4O/c1-4-18-7-5-12(6-8-18)9-15-14(19)13-10(2)16-17-11(13)3/h12H,4-9H2,1-3H3,(H,15,19)(H,16,17). The van der Waals surface area contributed by atoms with E-state index in [1.54, 1.807) is 0 Å². The molecule has 0 spiro atoms. The summed E-state index contributed by atoms with van der Waals surface area (Å²) in [5.41, 5.74) is 2.32. The van der Waals surface area contributed by atoms with Gasteiger partial charge in [-0.2, -0.15) is 5.10 Å². The van der Waals surface area contributed by atoms with Gasteiger partial charge >= 0.3 is 0 Å². The molecule has 1 aliphatic heterocycles. The van der Waals surface area contributed by atoms with Crippen LogP contribution in [-0.2, 0) is 0 Å². The number of H-pyrrole nitrogens is 1. The lowest BCUT2D eigenvalue weighted by atomic mass is 9.96. The van der Waals surface area contributed by atoms with E-state index >= 15 is 0 Å². The first-order valence-electron chi connectivity index (χ1n) is 7.14. The lowest BCUT2D eigenvalue weighted by Gasteiger charge is -2.31. The number of amides is 1. The van der Waals surface area contributed by atoms with Gasteiger partial charge in [-0.1, -0.05) is 6.92 Å². The first-order chi connectivity index (χ1) is 9.11. The van der Waals surface area contributed by atoms with Gasteiger partial charge in [-0.3, -0.25) is 9.89 Å². The number of likely N-dealkylation sites (tertiary alicyclic amines) is 1. The number of piperidine rings is 1. The Bertz CT molecular complexity index is 413. The van der Waals surface area contributed by atoms with Gasteiger partial charge < -0.3 is 10.2 Å². The van der Waals surface area contributed by atoms with Crippen LogP contribution in [0, 0.1) is 19.8 Å². The number of rotatable bonds is 4. The first-order valence-corrected chi connectivity index (χ1v) is 7.14. The SMILES string of the molecule is CCN1CCC(CNC(=O)c2c(C)n[nH]c2C)CC1. The Morgan fingerprint density at radius 3 is 2.63 bits per heavy atom. The Kier molecular flexibility index (Phi) is 4.58. The maximum atomic E-state index is 12.1. The zero-order valence-corrected chi connectivity index (χ0v) is 12.1.